The number of aliphatic hydroxyl groups excluding tert-OH is 1. The summed E-state index contributed by atoms with van der Waals surface area (Å²) in [4.78, 5) is 11.7. The number of carbonyl (C=O) groups excluding carboxylic acids is 1. The van der Waals surface area contributed by atoms with Crippen LogP contribution in [0.15, 0.2) is 0 Å². The third kappa shape index (κ3) is 6.50. The van der Waals surface area contributed by atoms with Crippen LogP contribution >= 0.6 is 0 Å². The van der Waals surface area contributed by atoms with Crippen molar-refractivity contribution < 1.29 is 14.6 Å². The average Bonchev–Trinajstić information content (AvgIpc) is 2.19. The zero-order chi connectivity index (χ0) is 11.7. The van der Waals surface area contributed by atoms with Gasteiger partial charge >= 0.3 is 5.97 Å². The van der Waals surface area contributed by atoms with Gasteiger partial charge in [0.05, 0.1) is 5.92 Å². The molecule has 0 aromatic carbocycles. The van der Waals surface area contributed by atoms with Gasteiger partial charge < -0.3 is 9.84 Å². The summed E-state index contributed by atoms with van der Waals surface area (Å²) in [5.74, 6) is -0.0713. The Labute approximate surface area is 92.8 Å². The van der Waals surface area contributed by atoms with Crippen molar-refractivity contribution in [1.82, 2.24) is 0 Å². The second-order valence-corrected chi connectivity index (χ2v) is 4.01. The second kappa shape index (κ2) is 8.72. The van der Waals surface area contributed by atoms with Crippen LogP contribution in [0.4, 0.5) is 0 Å². The van der Waals surface area contributed by atoms with Crippen LogP contribution in [-0.4, -0.2) is 23.8 Å². The second-order valence-electron chi connectivity index (χ2n) is 4.01. The van der Waals surface area contributed by atoms with Crippen LogP contribution in [0.25, 0.3) is 0 Å². The van der Waals surface area contributed by atoms with E-state index in [9.17, 15) is 4.79 Å². The smallest absolute Gasteiger partial charge is 0.309 e. The maximum atomic E-state index is 11.7. The zero-order valence-electron chi connectivity index (χ0n) is 10.2. The van der Waals surface area contributed by atoms with Crippen molar-refractivity contribution in [3.05, 3.63) is 0 Å². The van der Waals surface area contributed by atoms with E-state index in [1.165, 1.54) is 0 Å². The lowest BCUT2D eigenvalue weighted by molar-refractivity contribution is -0.154. The summed E-state index contributed by atoms with van der Waals surface area (Å²) in [6.45, 7) is 6.02. The molecule has 0 aromatic rings. The van der Waals surface area contributed by atoms with Crippen LogP contribution in [0, 0.1) is 5.92 Å². The van der Waals surface area contributed by atoms with Gasteiger partial charge in [0, 0.05) is 13.0 Å². The minimum Gasteiger partial charge on any atom is -0.462 e. The first kappa shape index (κ1) is 14.4. The highest BCUT2D eigenvalue weighted by Crippen LogP contribution is 2.15. The first-order valence-corrected chi connectivity index (χ1v) is 5.97. The fourth-order valence-electron chi connectivity index (χ4n) is 1.47. The van der Waals surface area contributed by atoms with Gasteiger partial charge in [0.25, 0.3) is 0 Å². The predicted molar refractivity (Wildman–Crippen MR) is 60.6 cm³/mol. The number of rotatable bonds is 8. The van der Waals surface area contributed by atoms with Crippen molar-refractivity contribution in [2.75, 3.05) is 6.61 Å². The first-order chi connectivity index (χ1) is 7.15. The van der Waals surface area contributed by atoms with E-state index in [0.29, 0.717) is 6.42 Å². The molecule has 2 unspecified atom stereocenters. The maximum Gasteiger partial charge on any atom is 0.309 e. The average molecular weight is 216 g/mol. The van der Waals surface area contributed by atoms with Gasteiger partial charge in [-0.25, -0.2) is 0 Å². The number of hydrogen-bond donors (Lipinski definition) is 1. The minimum atomic E-state index is -0.168. The monoisotopic (exact) mass is 216 g/mol. The minimum absolute atomic E-state index is 0.0334. The van der Waals surface area contributed by atoms with Crippen molar-refractivity contribution in [3.8, 4) is 0 Å². The van der Waals surface area contributed by atoms with Crippen LogP contribution in [0.5, 0.6) is 0 Å². The van der Waals surface area contributed by atoms with Crippen molar-refractivity contribution in [3.63, 3.8) is 0 Å². The Bertz CT molecular complexity index is 168. The van der Waals surface area contributed by atoms with Crippen LogP contribution in [0.3, 0.4) is 0 Å². The van der Waals surface area contributed by atoms with E-state index in [4.69, 9.17) is 9.84 Å². The third-order valence-corrected chi connectivity index (χ3v) is 2.59. The summed E-state index contributed by atoms with van der Waals surface area (Å²) in [5.41, 5.74) is 0. The van der Waals surface area contributed by atoms with Crippen molar-refractivity contribution in [2.24, 2.45) is 5.92 Å². The molecule has 90 valence electrons. The highest BCUT2D eigenvalue weighted by atomic mass is 16.5. The normalized spacial score (nSPS) is 14.7. The van der Waals surface area contributed by atoms with Gasteiger partial charge in [-0.05, 0) is 19.8 Å². The van der Waals surface area contributed by atoms with Crippen LogP contribution in [0.1, 0.15) is 52.9 Å². The zero-order valence-corrected chi connectivity index (χ0v) is 10.2. The SMILES string of the molecule is CCCCC(CC)C(=O)OC(C)CCO. The van der Waals surface area contributed by atoms with Gasteiger partial charge in [-0.3, -0.25) is 4.79 Å². The molecule has 0 saturated carbocycles. The molecule has 0 amide bonds. The molecule has 3 heteroatoms. The Kier molecular flexibility index (Phi) is 8.38. The summed E-state index contributed by atoms with van der Waals surface area (Å²) in [6.07, 6.45) is 4.29. The largest absolute Gasteiger partial charge is 0.462 e. The molecule has 3 nitrogen and oxygen atoms in total. The highest BCUT2D eigenvalue weighted by Gasteiger charge is 2.19. The number of carbonyl (C=O) groups is 1. The lowest BCUT2D eigenvalue weighted by Gasteiger charge is -2.17. The standard InChI is InChI=1S/C12H24O3/c1-4-6-7-11(5-2)12(14)15-10(3)8-9-13/h10-11,13H,4-9H2,1-3H3. The molecule has 0 spiro atoms. The van der Waals surface area contributed by atoms with E-state index in [2.05, 4.69) is 6.92 Å². The molecule has 15 heavy (non-hydrogen) atoms. The van der Waals surface area contributed by atoms with E-state index in [0.717, 1.165) is 25.7 Å². The molecule has 2 atom stereocenters. The summed E-state index contributed by atoms with van der Waals surface area (Å²) in [6, 6.07) is 0. The van der Waals surface area contributed by atoms with Crippen molar-refractivity contribution in [2.45, 2.75) is 59.0 Å². The van der Waals surface area contributed by atoms with E-state index in [1.807, 2.05) is 13.8 Å². The molecule has 0 heterocycles. The van der Waals surface area contributed by atoms with E-state index < -0.39 is 0 Å². The Morgan fingerprint density at radius 1 is 1.33 bits per heavy atom. The Hall–Kier alpha value is -0.570. The summed E-state index contributed by atoms with van der Waals surface area (Å²) in [7, 11) is 0. The Morgan fingerprint density at radius 3 is 2.47 bits per heavy atom. The Balaban J connectivity index is 3.91. The molecule has 0 aliphatic rings. The van der Waals surface area contributed by atoms with E-state index >= 15 is 0 Å². The summed E-state index contributed by atoms with van der Waals surface area (Å²) < 4.78 is 5.24. The third-order valence-electron chi connectivity index (χ3n) is 2.59. The molecule has 0 saturated heterocycles. The maximum absolute atomic E-state index is 11.7. The molecule has 0 radical (unpaired) electrons. The lowest BCUT2D eigenvalue weighted by atomic mass is 10.00. The number of hydrogen-bond acceptors (Lipinski definition) is 3. The van der Waals surface area contributed by atoms with E-state index in [1.54, 1.807) is 0 Å². The molecule has 0 rings (SSSR count). The number of ether oxygens (including phenoxy) is 1. The van der Waals surface area contributed by atoms with Gasteiger partial charge in [-0.2, -0.15) is 0 Å². The van der Waals surface area contributed by atoms with Crippen LogP contribution in [0.2, 0.25) is 0 Å². The van der Waals surface area contributed by atoms with Gasteiger partial charge in [-0.15, -0.1) is 0 Å². The number of aliphatic hydroxyl groups is 1. The fourth-order valence-corrected chi connectivity index (χ4v) is 1.47. The highest BCUT2D eigenvalue weighted by molar-refractivity contribution is 5.72. The van der Waals surface area contributed by atoms with E-state index in [-0.39, 0.29) is 24.6 Å². The molecule has 0 aliphatic heterocycles. The quantitative estimate of drug-likeness (QED) is 0.634. The van der Waals surface area contributed by atoms with Gasteiger partial charge in [-0.1, -0.05) is 26.7 Å². The lowest BCUT2D eigenvalue weighted by Crippen LogP contribution is -2.23. The van der Waals surface area contributed by atoms with Crippen molar-refractivity contribution >= 4 is 5.97 Å². The molecule has 0 aromatic heterocycles. The first-order valence-electron chi connectivity index (χ1n) is 5.97. The molecule has 0 fully saturated rings. The topological polar surface area (TPSA) is 46.5 Å². The van der Waals surface area contributed by atoms with Crippen LogP contribution < -0.4 is 0 Å². The number of unbranched alkanes of at least 4 members (excludes halogenated alkanes) is 1. The predicted octanol–water partition coefficient (Wildman–Crippen LogP) is 2.52. The number of esters is 1. The van der Waals surface area contributed by atoms with Crippen LogP contribution in [-0.2, 0) is 9.53 Å². The van der Waals surface area contributed by atoms with Crippen molar-refractivity contribution in [1.29, 1.82) is 0 Å². The molecule has 1 N–H and O–H groups in total. The molecular weight excluding hydrogens is 192 g/mol. The molecule has 0 aliphatic carbocycles. The fraction of sp³-hybridized carbons (Fsp3) is 0.917. The summed E-state index contributed by atoms with van der Waals surface area (Å²) in [5, 5.41) is 8.70. The molecule has 0 bridgehead atoms. The van der Waals surface area contributed by atoms with Gasteiger partial charge in [0.15, 0.2) is 0 Å². The van der Waals surface area contributed by atoms with Gasteiger partial charge in [0.2, 0.25) is 0 Å². The summed E-state index contributed by atoms with van der Waals surface area (Å²) >= 11 is 0. The van der Waals surface area contributed by atoms with Gasteiger partial charge in [0.1, 0.15) is 6.10 Å². The molecular formula is C12H24O3. The Morgan fingerprint density at radius 2 is 2.00 bits per heavy atom.